The molecule has 1 aliphatic rings. The molecule has 0 saturated carbocycles. The van der Waals surface area contributed by atoms with Crippen LogP contribution in [0.2, 0.25) is 0 Å². The number of nitro benzene ring substituents is 1. The Morgan fingerprint density at radius 1 is 1.30 bits per heavy atom. The minimum atomic E-state index is -0.512. The quantitative estimate of drug-likeness (QED) is 0.614. The van der Waals surface area contributed by atoms with Gasteiger partial charge >= 0.3 is 0 Å². The van der Waals surface area contributed by atoms with Crippen LogP contribution < -0.4 is 9.47 Å². The zero-order valence-corrected chi connectivity index (χ0v) is 13.7. The molecule has 1 aromatic carbocycles. The van der Waals surface area contributed by atoms with Crippen LogP contribution in [-0.2, 0) is 4.79 Å². The summed E-state index contributed by atoms with van der Waals surface area (Å²) in [5.41, 5.74) is -0.103. The van der Waals surface area contributed by atoms with Crippen molar-refractivity contribution in [3.05, 3.63) is 28.3 Å². The lowest BCUT2D eigenvalue weighted by Gasteiger charge is -2.34. The highest BCUT2D eigenvalue weighted by molar-refractivity contribution is 5.78. The van der Waals surface area contributed by atoms with E-state index in [2.05, 4.69) is 13.8 Å². The van der Waals surface area contributed by atoms with Crippen molar-refractivity contribution in [2.45, 2.75) is 20.3 Å². The molecule has 2 atom stereocenters. The molecule has 1 amide bonds. The van der Waals surface area contributed by atoms with Crippen molar-refractivity contribution in [2.24, 2.45) is 11.8 Å². The molecule has 0 radical (unpaired) electrons. The number of rotatable bonds is 5. The van der Waals surface area contributed by atoms with Gasteiger partial charge in [0, 0.05) is 19.2 Å². The Kier molecular flexibility index (Phi) is 5.41. The molecule has 1 heterocycles. The fourth-order valence-electron chi connectivity index (χ4n) is 2.99. The lowest BCUT2D eigenvalue weighted by molar-refractivity contribution is -0.385. The third-order valence-corrected chi connectivity index (χ3v) is 3.93. The number of ether oxygens (including phenoxy) is 2. The maximum atomic E-state index is 12.3. The van der Waals surface area contributed by atoms with Gasteiger partial charge in [-0.1, -0.05) is 13.8 Å². The van der Waals surface area contributed by atoms with Gasteiger partial charge in [0.25, 0.3) is 11.6 Å². The molecule has 7 nitrogen and oxygen atoms in total. The Hall–Kier alpha value is -2.31. The fourth-order valence-corrected chi connectivity index (χ4v) is 2.99. The van der Waals surface area contributed by atoms with E-state index in [1.807, 2.05) is 0 Å². The second-order valence-corrected chi connectivity index (χ2v) is 6.13. The summed E-state index contributed by atoms with van der Waals surface area (Å²) in [5.74, 6) is 1.39. The van der Waals surface area contributed by atoms with Gasteiger partial charge in [0.2, 0.25) is 0 Å². The Morgan fingerprint density at radius 3 is 2.52 bits per heavy atom. The van der Waals surface area contributed by atoms with Crippen molar-refractivity contribution in [1.82, 2.24) is 4.90 Å². The average Bonchev–Trinajstić information content (AvgIpc) is 2.51. The van der Waals surface area contributed by atoms with E-state index in [0.29, 0.717) is 17.6 Å². The minimum Gasteiger partial charge on any atom is -0.493 e. The van der Waals surface area contributed by atoms with Crippen LogP contribution in [0.25, 0.3) is 0 Å². The first-order valence-electron chi connectivity index (χ1n) is 7.63. The standard InChI is InChI=1S/C16H22N2O5/c1-11-6-12(2)9-17(8-11)16(19)10-23-15-7-13(18(20)21)4-5-14(15)22-3/h4-5,7,11-12H,6,8-10H2,1-3H3. The summed E-state index contributed by atoms with van der Waals surface area (Å²) in [6.07, 6.45) is 1.11. The van der Waals surface area contributed by atoms with Gasteiger partial charge < -0.3 is 14.4 Å². The number of nitro groups is 1. The van der Waals surface area contributed by atoms with E-state index in [1.165, 1.54) is 25.3 Å². The van der Waals surface area contributed by atoms with E-state index < -0.39 is 4.92 Å². The Labute approximate surface area is 135 Å². The number of hydrogen-bond acceptors (Lipinski definition) is 5. The molecule has 0 aromatic heterocycles. The SMILES string of the molecule is COc1ccc([N+](=O)[O-])cc1OCC(=O)N1CC(C)CC(C)C1. The van der Waals surface area contributed by atoms with Crippen LogP contribution in [0, 0.1) is 22.0 Å². The van der Waals surface area contributed by atoms with E-state index in [0.717, 1.165) is 19.5 Å². The Balaban J connectivity index is 2.03. The third kappa shape index (κ3) is 4.34. The predicted octanol–water partition coefficient (Wildman–Crippen LogP) is 2.49. The summed E-state index contributed by atoms with van der Waals surface area (Å²) < 4.78 is 10.6. The van der Waals surface area contributed by atoms with E-state index in [4.69, 9.17) is 9.47 Å². The lowest BCUT2D eigenvalue weighted by atomic mass is 9.92. The van der Waals surface area contributed by atoms with Crippen molar-refractivity contribution < 1.29 is 19.2 Å². The van der Waals surface area contributed by atoms with Crippen LogP contribution in [0.3, 0.4) is 0 Å². The average molecular weight is 322 g/mol. The zero-order valence-electron chi connectivity index (χ0n) is 13.7. The lowest BCUT2D eigenvalue weighted by Crippen LogP contribution is -2.44. The normalized spacial score (nSPS) is 20.9. The predicted molar refractivity (Wildman–Crippen MR) is 84.7 cm³/mol. The molecule has 1 aliphatic heterocycles. The highest BCUT2D eigenvalue weighted by Gasteiger charge is 2.26. The van der Waals surface area contributed by atoms with Gasteiger partial charge in [-0.25, -0.2) is 0 Å². The molecule has 1 aromatic rings. The first-order chi connectivity index (χ1) is 10.9. The number of methoxy groups -OCH3 is 1. The van der Waals surface area contributed by atoms with Crippen molar-refractivity contribution in [2.75, 3.05) is 26.8 Å². The molecular formula is C16H22N2O5. The molecule has 23 heavy (non-hydrogen) atoms. The van der Waals surface area contributed by atoms with Gasteiger partial charge in [0.1, 0.15) is 0 Å². The summed E-state index contributed by atoms with van der Waals surface area (Å²) >= 11 is 0. The summed E-state index contributed by atoms with van der Waals surface area (Å²) in [7, 11) is 1.45. The number of nitrogens with zero attached hydrogens (tertiary/aromatic N) is 2. The molecule has 126 valence electrons. The van der Waals surface area contributed by atoms with Crippen LogP contribution in [0.15, 0.2) is 18.2 Å². The summed E-state index contributed by atoms with van der Waals surface area (Å²) in [4.78, 5) is 24.4. The first kappa shape index (κ1) is 17.1. The van der Waals surface area contributed by atoms with Crippen molar-refractivity contribution in [1.29, 1.82) is 0 Å². The van der Waals surface area contributed by atoms with Crippen molar-refractivity contribution >= 4 is 11.6 Å². The van der Waals surface area contributed by atoms with E-state index in [-0.39, 0.29) is 24.0 Å². The van der Waals surface area contributed by atoms with Crippen molar-refractivity contribution in [3.8, 4) is 11.5 Å². The van der Waals surface area contributed by atoms with Crippen molar-refractivity contribution in [3.63, 3.8) is 0 Å². The molecular weight excluding hydrogens is 300 g/mol. The number of carbonyl (C=O) groups excluding carboxylic acids is 1. The number of non-ortho nitro benzene ring substituents is 1. The molecule has 2 rings (SSSR count). The number of amides is 1. The number of carbonyl (C=O) groups is 1. The summed E-state index contributed by atoms with van der Waals surface area (Å²) in [6.45, 7) is 5.54. The van der Waals surface area contributed by atoms with Crippen LogP contribution >= 0.6 is 0 Å². The van der Waals surface area contributed by atoms with Gasteiger partial charge in [-0.15, -0.1) is 0 Å². The van der Waals surface area contributed by atoms with E-state index in [9.17, 15) is 14.9 Å². The largest absolute Gasteiger partial charge is 0.493 e. The fraction of sp³-hybridized carbons (Fsp3) is 0.562. The van der Waals surface area contributed by atoms with Gasteiger partial charge in [0.05, 0.1) is 18.1 Å². The van der Waals surface area contributed by atoms with Crippen LogP contribution in [0.5, 0.6) is 11.5 Å². The maximum absolute atomic E-state index is 12.3. The van der Waals surface area contributed by atoms with E-state index in [1.54, 1.807) is 4.90 Å². The second-order valence-electron chi connectivity index (χ2n) is 6.13. The first-order valence-corrected chi connectivity index (χ1v) is 7.63. The number of likely N-dealkylation sites (tertiary alicyclic amines) is 1. The Bertz CT molecular complexity index is 580. The highest BCUT2D eigenvalue weighted by atomic mass is 16.6. The molecule has 0 aliphatic carbocycles. The van der Waals surface area contributed by atoms with Gasteiger partial charge in [-0.3, -0.25) is 14.9 Å². The second kappa shape index (κ2) is 7.30. The number of hydrogen-bond donors (Lipinski definition) is 0. The smallest absolute Gasteiger partial charge is 0.273 e. The van der Waals surface area contributed by atoms with Gasteiger partial charge in [0.15, 0.2) is 18.1 Å². The number of piperidine rings is 1. The van der Waals surface area contributed by atoms with E-state index >= 15 is 0 Å². The van der Waals surface area contributed by atoms with Gasteiger partial charge in [-0.05, 0) is 24.3 Å². The topological polar surface area (TPSA) is 81.9 Å². The molecule has 0 N–H and O–H groups in total. The highest BCUT2D eigenvalue weighted by Crippen LogP contribution is 2.31. The summed E-state index contributed by atoms with van der Waals surface area (Å²) in [5, 5.41) is 10.8. The third-order valence-electron chi connectivity index (χ3n) is 3.93. The van der Waals surface area contributed by atoms with Crippen LogP contribution in [-0.4, -0.2) is 42.5 Å². The van der Waals surface area contributed by atoms with Crippen LogP contribution in [0.1, 0.15) is 20.3 Å². The molecule has 2 unspecified atom stereocenters. The molecule has 0 bridgehead atoms. The number of benzene rings is 1. The van der Waals surface area contributed by atoms with Crippen LogP contribution in [0.4, 0.5) is 5.69 Å². The molecule has 1 saturated heterocycles. The maximum Gasteiger partial charge on any atom is 0.273 e. The zero-order chi connectivity index (χ0) is 17.0. The molecule has 0 spiro atoms. The monoisotopic (exact) mass is 322 g/mol. The summed E-state index contributed by atoms with van der Waals surface area (Å²) in [6, 6.07) is 4.07. The molecule has 1 fully saturated rings. The Morgan fingerprint density at radius 2 is 1.96 bits per heavy atom. The molecule has 7 heteroatoms. The van der Waals surface area contributed by atoms with Gasteiger partial charge in [-0.2, -0.15) is 0 Å². The minimum absolute atomic E-state index is 0.103.